The molecule has 4 nitrogen and oxygen atoms in total. The third kappa shape index (κ3) is 3.91. The smallest absolute Gasteiger partial charge is 0.225 e. The van der Waals surface area contributed by atoms with Crippen LogP contribution in [-0.2, 0) is 11.3 Å². The van der Waals surface area contributed by atoms with Crippen molar-refractivity contribution in [1.82, 2.24) is 9.88 Å². The van der Waals surface area contributed by atoms with Crippen molar-refractivity contribution in [2.75, 3.05) is 25.0 Å². The normalized spacial score (nSPS) is 15.7. The number of nitrogens with zero attached hydrogens (tertiary/aromatic N) is 3. The molecule has 2 aromatic rings. The fourth-order valence-electron chi connectivity index (χ4n) is 3.11. The van der Waals surface area contributed by atoms with Crippen molar-refractivity contribution in [3.05, 3.63) is 46.3 Å². The first-order valence-corrected chi connectivity index (χ1v) is 9.02. The molecule has 3 heterocycles. The summed E-state index contributed by atoms with van der Waals surface area (Å²) in [7, 11) is 1.91. The third-order valence-corrected chi connectivity index (χ3v) is 5.15. The number of anilines is 1. The molecule has 5 heteroatoms. The molecule has 1 saturated heterocycles. The second kappa shape index (κ2) is 7.13. The molecule has 1 amide bonds. The maximum atomic E-state index is 12.6. The maximum Gasteiger partial charge on any atom is 0.225 e. The molecule has 1 fully saturated rings. The van der Waals surface area contributed by atoms with Crippen molar-refractivity contribution in [3.8, 4) is 0 Å². The lowest BCUT2D eigenvalue weighted by atomic mass is 9.95. The largest absolute Gasteiger partial charge is 0.357 e. The van der Waals surface area contributed by atoms with Gasteiger partial charge >= 0.3 is 0 Å². The number of carbonyl (C=O) groups excluding carboxylic acids is 1. The molecule has 0 atom stereocenters. The Morgan fingerprint density at radius 2 is 2.13 bits per heavy atom. The second-order valence-electron chi connectivity index (χ2n) is 6.22. The quantitative estimate of drug-likeness (QED) is 0.863. The minimum Gasteiger partial charge on any atom is -0.357 e. The fourth-order valence-corrected chi connectivity index (χ4v) is 3.77. The van der Waals surface area contributed by atoms with Gasteiger partial charge in [-0.1, -0.05) is 6.07 Å². The number of hydrogen-bond donors (Lipinski definition) is 0. The standard InChI is InChI=1S/C18H23N3OS/c1-14-4-3-5-17(19-14)21-9-6-16(7-10-21)18(22)20(2)12-15-8-11-23-13-15/h3-5,8,11,13,16H,6-7,9-10,12H2,1-2H3. The number of thiophene rings is 1. The van der Waals surface area contributed by atoms with Gasteiger partial charge in [0.15, 0.2) is 0 Å². The molecular weight excluding hydrogens is 306 g/mol. The van der Waals surface area contributed by atoms with Crippen LogP contribution in [-0.4, -0.2) is 35.9 Å². The zero-order valence-corrected chi connectivity index (χ0v) is 14.6. The van der Waals surface area contributed by atoms with E-state index in [9.17, 15) is 4.79 Å². The summed E-state index contributed by atoms with van der Waals surface area (Å²) in [4.78, 5) is 21.4. The highest BCUT2D eigenvalue weighted by molar-refractivity contribution is 7.07. The number of aromatic nitrogens is 1. The molecule has 3 rings (SSSR count). The SMILES string of the molecule is Cc1cccc(N2CCC(C(=O)N(C)Cc3ccsc3)CC2)n1. The Morgan fingerprint density at radius 3 is 2.78 bits per heavy atom. The Morgan fingerprint density at radius 1 is 1.35 bits per heavy atom. The molecular formula is C18H23N3OS. The molecule has 0 bridgehead atoms. The topological polar surface area (TPSA) is 36.4 Å². The van der Waals surface area contributed by atoms with Crippen LogP contribution >= 0.6 is 11.3 Å². The van der Waals surface area contributed by atoms with Crippen molar-refractivity contribution in [3.63, 3.8) is 0 Å². The maximum absolute atomic E-state index is 12.6. The molecule has 0 unspecified atom stereocenters. The van der Waals surface area contributed by atoms with Crippen LogP contribution in [0.25, 0.3) is 0 Å². The number of carbonyl (C=O) groups is 1. The second-order valence-corrected chi connectivity index (χ2v) is 7.00. The molecule has 1 aliphatic rings. The summed E-state index contributed by atoms with van der Waals surface area (Å²) in [6.45, 7) is 4.53. The van der Waals surface area contributed by atoms with E-state index in [2.05, 4.69) is 32.8 Å². The van der Waals surface area contributed by atoms with Crippen LogP contribution in [0.1, 0.15) is 24.1 Å². The molecule has 0 aliphatic carbocycles. The van der Waals surface area contributed by atoms with E-state index < -0.39 is 0 Å². The van der Waals surface area contributed by atoms with Crippen LogP contribution in [0, 0.1) is 12.8 Å². The van der Waals surface area contributed by atoms with Gasteiger partial charge in [0.25, 0.3) is 0 Å². The fraction of sp³-hybridized carbons (Fsp3) is 0.444. The molecule has 23 heavy (non-hydrogen) atoms. The zero-order chi connectivity index (χ0) is 16.2. The van der Waals surface area contributed by atoms with Crippen molar-refractivity contribution < 1.29 is 4.79 Å². The summed E-state index contributed by atoms with van der Waals surface area (Å²) in [5, 5.41) is 4.16. The van der Waals surface area contributed by atoms with Crippen molar-refractivity contribution in [2.45, 2.75) is 26.3 Å². The van der Waals surface area contributed by atoms with E-state index >= 15 is 0 Å². The molecule has 0 saturated carbocycles. The zero-order valence-electron chi connectivity index (χ0n) is 13.7. The van der Waals surface area contributed by atoms with Crippen LogP contribution in [0.2, 0.25) is 0 Å². The lowest BCUT2D eigenvalue weighted by molar-refractivity contribution is -0.135. The number of amides is 1. The summed E-state index contributed by atoms with van der Waals surface area (Å²) < 4.78 is 0. The number of hydrogen-bond acceptors (Lipinski definition) is 4. The summed E-state index contributed by atoms with van der Waals surface area (Å²) in [5.41, 5.74) is 2.25. The number of pyridine rings is 1. The highest BCUT2D eigenvalue weighted by Crippen LogP contribution is 2.24. The van der Waals surface area contributed by atoms with E-state index in [4.69, 9.17) is 0 Å². The highest BCUT2D eigenvalue weighted by atomic mass is 32.1. The van der Waals surface area contributed by atoms with Gasteiger partial charge < -0.3 is 9.80 Å². The Kier molecular flexibility index (Phi) is 4.96. The van der Waals surface area contributed by atoms with Crippen LogP contribution in [0.15, 0.2) is 35.0 Å². The van der Waals surface area contributed by atoms with E-state index in [1.807, 2.05) is 31.0 Å². The molecule has 1 aliphatic heterocycles. The number of piperidine rings is 1. The first-order valence-electron chi connectivity index (χ1n) is 8.08. The van der Waals surface area contributed by atoms with Gasteiger partial charge in [0.05, 0.1) is 0 Å². The van der Waals surface area contributed by atoms with E-state index in [1.54, 1.807) is 11.3 Å². The Hall–Kier alpha value is -1.88. The summed E-state index contributed by atoms with van der Waals surface area (Å²) in [5.74, 6) is 1.44. The monoisotopic (exact) mass is 329 g/mol. The molecule has 0 spiro atoms. The first kappa shape index (κ1) is 16.0. The minimum atomic E-state index is 0.139. The summed E-state index contributed by atoms with van der Waals surface area (Å²) in [6, 6.07) is 8.20. The predicted molar refractivity (Wildman–Crippen MR) is 94.7 cm³/mol. The molecule has 0 N–H and O–H groups in total. The van der Waals surface area contributed by atoms with Gasteiger partial charge in [-0.05, 0) is 54.3 Å². The first-order chi connectivity index (χ1) is 11.1. The van der Waals surface area contributed by atoms with Crippen molar-refractivity contribution in [2.24, 2.45) is 5.92 Å². The average Bonchev–Trinajstić information content (AvgIpc) is 3.07. The van der Waals surface area contributed by atoms with Gasteiger partial charge in [-0.3, -0.25) is 4.79 Å². The van der Waals surface area contributed by atoms with Gasteiger partial charge in [0.2, 0.25) is 5.91 Å². The van der Waals surface area contributed by atoms with E-state index in [-0.39, 0.29) is 11.8 Å². The molecule has 0 aromatic carbocycles. The van der Waals surface area contributed by atoms with Crippen molar-refractivity contribution >= 4 is 23.1 Å². The van der Waals surface area contributed by atoms with Crippen LogP contribution in [0.4, 0.5) is 5.82 Å². The van der Waals surface area contributed by atoms with E-state index in [1.165, 1.54) is 5.56 Å². The minimum absolute atomic E-state index is 0.139. The molecule has 122 valence electrons. The Bertz CT molecular complexity index is 648. The lowest BCUT2D eigenvalue weighted by Crippen LogP contribution is -2.41. The van der Waals surface area contributed by atoms with E-state index in [0.717, 1.165) is 37.4 Å². The highest BCUT2D eigenvalue weighted by Gasteiger charge is 2.27. The van der Waals surface area contributed by atoms with Crippen LogP contribution in [0.5, 0.6) is 0 Å². The van der Waals surface area contributed by atoms with Gasteiger partial charge in [-0.2, -0.15) is 11.3 Å². The van der Waals surface area contributed by atoms with Gasteiger partial charge in [0.1, 0.15) is 5.82 Å². The number of aryl methyl sites for hydroxylation is 1. The number of rotatable bonds is 4. The van der Waals surface area contributed by atoms with Gasteiger partial charge in [0, 0.05) is 38.3 Å². The van der Waals surface area contributed by atoms with Gasteiger partial charge in [-0.25, -0.2) is 4.98 Å². The molecule has 0 radical (unpaired) electrons. The van der Waals surface area contributed by atoms with Crippen molar-refractivity contribution in [1.29, 1.82) is 0 Å². The average molecular weight is 329 g/mol. The van der Waals surface area contributed by atoms with Gasteiger partial charge in [-0.15, -0.1) is 0 Å². The predicted octanol–water partition coefficient (Wildman–Crippen LogP) is 3.33. The lowest BCUT2D eigenvalue weighted by Gasteiger charge is -2.34. The third-order valence-electron chi connectivity index (χ3n) is 4.42. The Labute approximate surface area is 141 Å². The van der Waals surface area contributed by atoms with Crippen LogP contribution in [0.3, 0.4) is 0 Å². The van der Waals surface area contributed by atoms with Crippen LogP contribution < -0.4 is 4.90 Å². The Balaban J connectivity index is 1.55. The molecule has 2 aromatic heterocycles. The summed E-state index contributed by atoms with van der Waals surface area (Å²) in [6.07, 6.45) is 1.81. The van der Waals surface area contributed by atoms with E-state index in [0.29, 0.717) is 6.54 Å². The summed E-state index contributed by atoms with van der Waals surface area (Å²) >= 11 is 1.68.